The number of benzene rings is 1. The van der Waals surface area contributed by atoms with E-state index in [0.29, 0.717) is 17.7 Å². The number of nitrogens with zero attached hydrogens (tertiary/aromatic N) is 1. The molecule has 0 saturated heterocycles. The Morgan fingerprint density at radius 3 is 2.38 bits per heavy atom. The molecule has 3 N–H and O–H groups in total. The van der Waals surface area contributed by atoms with Gasteiger partial charge in [0.25, 0.3) is 0 Å². The molecule has 0 spiro atoms. The third kappa shape index (κ3) is 8.28. The number of carbonyl (C=O) groups excluding carboxylic acids is 3. The summed E-state index contributed by atoms with van der Waals surface area (Å²) in [6.45, 7) is 7.36. The van der Waals surface area contributed by atoms with Crippen LogP contribution < -0.4 is 10.6 Å². The number of phenols is 1. The maximum Gasteiger partial charge on any atom is 0.408 e. The predicted octanol–water partition coefficient (Wildman–Crippen LogP) is 4.77. The molecule has 0 heterocycles. The van der Waals surface area contributed by atoms with Crippen LogP contribution in [0.5, 0.6) is 5.75 Å². The van der Waals surface area contributed by atoms with E-state index >= 15 is 0 Å². The zero-order chi connectivity index (χ0) is 27.2. The van der Waals surface area contributed by atoms with Gasteiger partial charge in [0, 0.05) is 17.6 Å². The highest BCUT2D eigenvalue weighted by Gasteiger charge is 2.48. The fourth-order valence-electron chi connectivity index (χ4n) is 4.96. The SMILES string of the molecule is CSCCC(NC(=O)OC(C)(C)C)C(=O)N(C(C(=O)NC1CCCCC1)c1ccccc1O)C1CC1C. The summed E-state index contributed by atoms with van der Waals surface area (Å²) in [7, 11) is 0. The molecule has 37 heavy (non-hydrogen) atoms. The zero-order valence-electron chi connectivity index (χ0n) is 22.8. The number of thioether (sulfide) groups is 1. The molecule has 2 aliphatic carbocycles. The van der Waals surface area contributed by atoms with Gasteiger partial charge in [0.1, 0.15) is 23.4 Å². The van der Waals surface area contributed by atoms with E-state index in [2.05, 4.69) is 10.6 Å². The van der Waals surface area contributed by atoms with Gasteiger partial charge in [-0.2, -0.15) is 11.8 Å². The minimum absolute atomic E-state index is 0.0295. The van der Waals surface area contributed by atoms with Gasteiger partial charge in [-0.05, 0) is 70.4 Å². The third-order valence-corrected chi connectivity index (χ3v) is 7.63. The average Bonchev–Trinajstić information content (AvgIpc) is 3.55. The first-order chi connectivity index (χ1) is 17.5. The van der Waals surface area contributed by atoms with Crippen LogP contribution in [0.2, 0.25) is 0 Å². The van der Waals surface area contributed by atoms with Crippen molar-refractivity contribution >= 4 is 29.7 Å². The summed E-state index contributed by atoms with van der Waals surface area (Å²) < 4.78 is 5.44. The Balaban J connectivity index is 1.96. The van der Waals surface area contributed by atoms with E-state index in [0.717, 1.165) is 38.5 Å². The second kappa shape index (κ2) is 12.9. The fraction of sp³-hybridized carbons (Fsp3) is 0.679. The van der Waals surface area contributed by atoms with Crippen molar-refractivity contribution in [1.29, 1.82) is 0 Å². The Labute approximate surface area is 225 Å². The lowest BCUT2D eigenvalue weighted by molar-refractivity contribution is -0.144. The summed E-state index contributed by atoms with van der Waals surface area (Å²) in [5, 5.41) is 16.7. The summed E-state index contributed by atoms with van der Waals surface area (Å²) >= 11 is 1.58. The molecule has 2 saturated carbocycles. The quantitative estimate of drug-likeness (QED) is 0.400. The van der Waals surface area contributed by atoms with Crippen LogP contribution in [0.3, 0.4) is 0 Å². The highest BCUT2D eigenvalue weighted by Crippen LogP contribution is 2.42. The number of amides is 3. The van der Waals surface area contributed by atoms with Gasteiger partial charge in [-0.25, -0.2) is 4.79 Å². The lowest BCUT2D eigenvalue weighted by Gasteiger charge is -2.36. The maximum atomic E-state index is 14.2. The molecule has 206 valence electrons. The molecule has 2 aliphatic rings. The number of hydrogen-bond donors (Lipinski definition) is 3. The largest absolute Gasteiger partial charge is 0.508 e. The van der Waals surface area contributed by atoms with Crippen molar-refractivity contribution in [1.82, 2.24) is 15.5 Å². The number of alkyl carbamates (subject to hydrolysis) is 1. The van der Waals surface area contributed by atoms with E-state index in [1.807, 2.05) is 13.2 Å². The number of para-hydroxylation sites is 1. The van der Waals surface area contributed by atoms with Crippen LogP contribution in [0, 0.1) is 5.92 Å². The first-order valence-electron chi connectivity index (χ1n) is 13.4. The lowest BCUT2D eigenvalue weighted by Crippen LogP contribution is -2.55. The number of phenolic OH excluding ortho intramolecular Hbond substituents is 1. The normalized spacial score (nSPS) is 21.4. The van der Waals surface area contributed by atoms with Gasteiger partial charge in [-0.1, -0.05) is 44.4 Å². The van der Waals surface area contributed by atoms with Crippen LogP contribution >= 0.6 is 11.8 Å². The molecule has 9 heteroatoms. The van der Waals surface area contributed by atoms with Crippen LogP contribution in [-0.2, 0) is 14.3 Å². The number of rotatable bonds is 10. The molecule has 4 atom stereocenters. The van der Waals surface area contributed by atoms with Crippen LogP contribution in [-0.4, -0.2) is 63.6 Å². The Morgan fingerprint density at radius 2 is 1.81 bits per heavy atom. The Bertz CT molecular complexity index is 944. The molecule has 0 aromatic heterocycles. The first kappa shape index (κ1) is 29.1. The van der Waals surface area contributed by atoms with Crippen molar-refractivity contribution in [3.8, 4) is 5.75 Å². The van der Waals surface area contributed by atoms with Gasteiger partial charge in [-0.15, -0.1) is 0 Å². The van der Waals surface area contributed by atoms with Gasteiger partial charge in [0.2, 0.25) is 11.8 Å². The molecule has 0 bridgehead atoms. The highest BCUT2D eigenvalue weighted by molar-refractivity contribution is 7.98. The molecule has 3 rings (SSSR count). The van der Waals surface area contributed by atoms with Crippen LogP contribution in [0.1, 0.15) is 84.2 Å². The van der Waals surface area contributed by atoms with E-state index in [1.165, 1.54) is 0 Å². The van der Waals surface area contributed by atoms with E-state index < -0.39 is 23.8 Å². The highest BCUT2D eigenvalue weighted by atomic mass is 32.2. The fourth-order valence-corrected chi connectivity index (χ4v) is 5.43. The minimum Gasteiger partial charge on any atom is -0.508 e. The predicted molar refractivity (Wildman–Crippen MR) is 146 cm³/mol. The van der Waals surface area contributed by atoms with E-state index in [9.17, 15) is 19.5 Å². The summed E-state index contributed by atoms with van der Waals surface area (Å²) in [5.74, 6) is 0.208. The molecular weight excluding hydrogens is 490 g/mol. The van der Waals surface area contributed by atoms with Crippen LogP contribution in [0.4, 0.5) is 4.79 Å². The number of hydrogen-bond acceptors (Lipinski definition) is 6. The second-order valence-corrected chi connectivity index (χ2v) is 12.3. The summed E-state index contributed by atoms with van der Waals surface area (Å²) in [5.41, 5.74) is -0.315. The minimum atomic E-state index is -0.997. The van der Waals surface area contributed by atoms with Crippen molar-refractivity contribution < 1.29 is 24.2 Å². The van der Waals surface area contributed by atoms with Crippen LogP contribution in [0.25, 0.3) is 0 Å². The zero-order valence-corrected chi connectivity index (χ0v) is 23.6. The van der Waals surface area contributed by atoms with Crippen molar-refractivity contribution in [2.45, 2.75) is 102 Å². The monoisotopic (exact) mass is 533 g/mol. The summed E-state index contributed by atoms with van der Waals surface area (Å²) in [6, 6.07) is 4.74. The summed E-state index contributed by atoms with van der Waals surface area (Å²) in [4.78, 5) is 42.3. The van der Waals surface area contributed by atoms with E-state index in [1.54, 1.807) is 61.7 Å². The molecule has 1 aromatic rings. The van der Waals surface area contributed by atoms with Crippen molar-refractivity contribution in [2.24, 2.45) is 5.92 Å². The van der Waals surface area contributed by atoms with Gasteiger partial charge < -0.3 is 25.4 Å². The maximum absolute atomic E-state index is 14.2. The molecule has 0 aliphatic heterocycles. The first-order valence-corrected chi connectivity index (χ1v) is 14.8. The smallest absolute Gasteiger partial charge is 0.408 e. The van der Waals surface area contributed by atoms with Crippen molar-refractivity contribution in [2.75, 3.05) is 12.0 Å². The van der Waals surface area contributed by atoms with Gasteiger partial charge in [0.05, 0.1) is 0 Å². The number of nitrogens with one attached hydrogen (secondary N) is 2. The van der Waals surface area contributed by atoms with Crippen molar-refractivity contribution in [3.05, 3.63) is 29.8 Å². The lowest BCUT2D eigenvalue weighted by atomic mass is 9.94. The molecule has 1 aromatic carbocycles. The summed E-state index contributed by atoms with van der Waals surface area (Å²) in [6.07, 6.45) is 7.53. The molecule has 3 amide bonds. The van der Waals surface area contributed by atoms with Crippen LogP contribution in [0.15, 0.2) is 24.3 Å². The number of carbonyl (C=O) groups is 3. The molecule has 2 fully saturated rings. The van der Waals surface area contributed by atoms with Gasteiger partial charge in [0.15, 0.2) is 0 Å². The Hall–Kier alpha value is -2.42. The molecular formula is C28H43N3O5S. The van der Waals surface area contributed by atoms with Gasteiger partial charge in [-0.3, -0.25) is 9.59 Å². The second-order valence-electron chi connectivity index (χ2n) is 11.3. The third-order valence-electron chi connectivity index (χ3n) is 6.99. The Kier molecular flexibility index (Phi) is 10.2. The standard InChI is InChI=1S/C28H43N3O5S/c1-18-17-22(18)31(26(34)21(15-16-37-5)30-27(35)36-28(2,3)4)24(20-13-9-10-14-23(20)32)25(33)29-19-11-7-6-8-12-19/h9-10,13-14,18-19,21-22,24,32H,6-8,11-12,15-17H2,1-5H3,(H,29,33)(H,30,35). The van der Waals surface area contributed by atoms with Crippen molar-refractivity contribution in [3.63, 3.8) is 0 Å². The van der Waals surface area contributed by atoms with E-state index in [4.69, 9.17) is 4.74 Å². The van der Waals surface area contributed by atoms with Gasteiger partial charge >= 0.3 is 6.09 Å². The topological polar surface area (TPSA) is 108 Å². The molecule has 8 nitrogen and oxygen atoms in total. The molecule has 0 radical (unpaired) electrons. The van der Waals surface area contributed by atoms with E-state index in [-0.39, 0.29) is 35.6 Å². The Morgan fingerprint density at radius 1 is 1.16 bits per heavy atom. The molecule has 4 unspecified atom stereocenters. The average molecular weight is 534 g/mol. The number of aromatic hydroxyl groups is 1. The number of ether oxygens (including phenoxy) is 1.